The summed E-state index contributed by atoms with van der Waals surface area (Å²) in [5, 5.41) is 1.83. The van der Waals surface area contributed by atoms with E-state index in [1.165, 1.54) is 33.8 Å². The van der Waals surface area contributed by atoms with Gasteiger partial charge in [0.2, 0.25) is 15.9 Å². The van der Waals surface area contributed by atoms with Gasteiger partial charge < -0.3 is 9.80 Å². The predicted molar refractivity (Wildman–Crippen MR) is 110 cm³/mol. The molecule has 30 heavy (non-hydrogen) atoms. The monoisotopic (exact) mass is 451 g/mol. The highest BCUT2D eigenvalue weighted by atomic mass is 32.2. The van der Waals surface area contributed by atoms with Gasteiger partial charge in [0.25, 0.3) is 5.91 Å². The molecular formula is C20H22FN3O4S2. The van der Waals surface area contributed by atoms with Crippen molar-refractivity contribution in [1.82, 2.24) is 14.1 Å². The van der Waals surface area contributed by atoms with Crippen molar-refractivity contribution in [3.63, 3.8) is 0 Å². The van der Waals surface area contributed by atoms with Crippen LogP contribution in [-0.2, 0) is 14.8 Å². The molecule has 1 aromatic heterocycles. The number of amides is 2. The third-order valence-electron chi connectivity index (χ3n) is 5.54. The van der Waals surface area contributed by atoms with Crippen LogP contribution in [0, 0.1) is 5.82 Å². The second kappa shape index (κ2) is 8.44. The molecule has 3 heterocycles. The average Bonchev–Trinajstić information content (AvgIpc) is 3.45. The van der Waals surface area contributed by atoms with Crippen molar-refractivity contribution in [3.05, 3.63) is 52.5 Å². The molecule has 2 fully saturated rings. The number of hydrogen-bond acceptors (Lipinski definition) is 5. The third kappa shape index (κ3) is 3.86. The maximum absolute atomic E-state index is 14.0. The van der Waals surface area contributed by atoms with E-state index in [1.54, 1.807) is 21.9 Å². The van der Waals surface area contributed by atoms with Crippen molar-refractivity contribution in [2.45, 2.75) is 23.8 Å². The van der Waals surface area contributed by atoms with Crippen LogP contribution in [0.4, 0.5) is 4.39 Å². The molecule has 10 heteroatoms. The van der Waals surface area contributed by atoms with Gasteiger partial charge in [-0.3, -0.25) is 9.59 Å². The van der Waals surface area contributed by atoms with Gasteiger partial charge in [0.05, 0.1) is 4.88 Å². The topological polar surface area (TPSA) is 78.0 Å². The number of carbonyl (C=O) groups is 2. The number of benzene rings is 1. The Labute approximate surface area is 178 Å². The summed E-state index contributed by atoms with van der Waals surface area (Å²) >= 11 is 1.35. The largest absolute Gasteiger partial charge is 0.338 e. The fourth-order valence-corrected chi connectivity index (χ4v) is 6.13. The highest BCUT2D eigenvalue weighted by Crippen LogP contribution is 2.25. The average molecular weight is 452 g/mol. The van der Waals surface area contributed by atoms with E-state index < -0.39 is 21.9 Å². The summed E-state index contributed by atoms with van der Waals surface area (Å²) in [6, 6.07) is 8.32. The van der Waals surface area contributed by atoms with Crippen LogP contribution in [-0.4, -0.2) is 73.1 Å². The summed E-state index contributed by atoms with van der Waals surface area (Å²) in [6.07, 6.45) is 1.36. The molecule has 160 valence electrons. The lowest BCUT2D eigenvalue weighted by atomic mass is 10.1. The molecule has 0 unspecified atom stereocenters. The van der Waals surface area contributed by atoms with Crippen LogP contribution in [0.25, 0.3) is 0 Å². The van der Waals surface area contributed by atoms with E-state index in [2.05, 4.69) is 0 Å². The zero-order chi connectivity index (χ0) is 21.3. The van der Waals surface area contributed by atoms with Crippen LogP contribution >= 0.6 is 11.3 Å². The van der Waals surface area contributed by atoms with Crippen LogP contribution in [0.3, 0.4) is 0 Å². The van der Waals surface area contributed by atoms with Crippen molar-refractivity contribution >= 4 is 33.2 Å². The van der Waals surface area contributed by atoms with E-state index in [0.29, 0.717) is 17.8 Å². The Morgan fingerprint density at radius 1 is 1.00 bits per heavy atom. The SMILES string of the molecule is O=C([C@H]1CCCN1C(=O)c1cccs1)N1CCN(S(=O)(=O)c2ccccc2F)CC1. The van der Waals surface area contributed by atoms with Gasteiger partial charge in [0.1, 0.15) is 16.8 Å². The van der Waals surface area contributed by atoms with Crippen molar-refractivity contribution in [3.8, 4) is 0 Å². The number of likely N-dealkylation sites (tertiary alicyclic amines) is 1. The normalized spacial score (nSPS) is 20.5. The van der Waals surface area contributed by atoms with Crippen molar-refractivity contribution in [2.24, 2.45) is 0 Å². The number of carbonyl (C=O) groups excluding carboxylic acids is 2. The van der Waals surface area contributed by atoms with E-state index in [0.717, 1.165) is 12.5 Å². The van der Waals surface area contributed by atoms with Crippen LogP contribution in [0.15, 0.2) is 46.7 Å². The van der Waals surface area contributed by atoms with Crippen LogP contribution in [0.5, 0.6) is 0 Å². The molecule has 0 spiro atoms. The summed E-state index contributed by atoms with van der Waals surface area (Å²) in [5.41, 5.74) is 0. The third-order valence-corrected chi connectivity index (χ3v) is 8.33. The van der Waals surface area contributed by atoms with Gasteiger partial charge >= 0.3 is 0 Å². The zero-order valence-electron chi connectivity index (χ0n) is 16.2. The van der Waals surface area contributed by atoms with Gasteiger partial charge in [-0.1, -0.05) is 18.2 Å². The minimum Gasteiger partial charge on any atom is -0.338 e. The molecule has 2 aromatic rings. The lowest BCUT2D eigenvalue weighted by molar-refractivity contribution is -0.136. The fraction of sp³-hybridized carbons (Fsp3) is 0.400. The highest BCUT2D eigenvalue weighted by molar-refractivity contribution is 7.89. The molecule has 2 amide bonds. The summed E-state index contributed by atoms with van der Waals surface area (Å²) < 4.78 is 40.7. The zero-order valence-corrected chi connectivity index (χ0v) is 17.9. The van der Waals surface area contributed by atoms with E-state index in [9.17, 15) is 22.4 Å². The molecule has 2 aliphatic rings. The van der Waals surface area contributed by atoms with Gasteiger partial charge in [-0.2, -0.15) is 4.31 Å². The van der Waals surface area contributed by atoms with Gasteiger partial charge in [0.15, 0.2) is 0 Å². The number of rotatable bonds is 4. The minimum absolute atomic E-state index is 0.0913. The number of nitrogens with zero attached hydrogens (tertiary/aromatic N) is 3. The van der Waals surface area contributed by atoms with E-state index in [-0.39, 0.29) is 42.9 Å². The summed E-state index contributed by atoms with van der Waals surface area (Å²) in [5.74, 6) is -1.08. The van der Waals surface area contributed by atoms with Crippen LogP contribution < -0.4 is 0 Å². The number of hydrogen-bond donors (Lipinski definition) is 0. The smallest absolute Gasteiger partial charge is 0.264 e. The molecule has 0 bridgehead atoms. The van der Waals surface area contributed by atoms with Gasteiger partial charge in [-0.15, -0.1) is 11.3 Å². The molecule has 2 saturated heterocycles. The molecule has 7 nitrogen and oxygen atoms in total. The summed E-state index contributed by atoms with van der Waals surface area (Å²) in [4.78, 5) is 29.3. The Morgan fingerprint density at radius 3 is 2.40 bits per heavy atom. The van der Waals surface area contributed by atoms with Gasteiger partial charge in [-0.25, -0.2) is 12.8 Å². The Kier molecular flexibility index (Phi) is 5.90. The van der Waals surface area contributed by atoms with Crippen LogP contribution in [0.1, 0.15) is 22.5 Å². The number of sulfonamides is 1. The number of halogens is 1. The quantitative estimate of drug-likeness (QED) is 0.713. The Morgan fingerprint density at radius 2 is 1.73 bits per heavy atom. The molecule has 1 atom stereocenters. The lowest BCUT2D eigenvalue weighted by Crippen LogP contribution is -2.55. The maximum Gasteiger partial charge on any atom is 0.264 e. The molecule has 0 radical (unpaired) electrons. The first kappa shape index (κ1) is 21.0. The van der Waals surface area contributed by atoms with Crippen LogP contribution in [0.2, 0.25) is 0 Å². The molecule has 0 N–H and O–H groups in total. The molecule has 0 saturated carbocycles. The minimum atomic E-state index is -3.96. The van der Waals surface area contributed by atoms with Crippen molar-refractivity contribution in [1.29, 1.82) is 0 Å². The first-order chi connectivity index (χ1) is 14.4. The second-order valence-corrected chi connectivity index (χ2v) is 10.1. The Hall–Kier alpha value is -2.30. The predicted octanol–water partition coefficient (Wildman–Crippen LogP) is 2.02. The van der Waals surface area contributed by atoms with E-state index >= 15 is 0 Å². The number of thiophene rings is 1. The highest BCUT2D eigenvalue weighted by Gasteiger charge is 2.39. The molecular weight excluding hydrogens is 429 g/mol. The number of piperazine rings is 1. The standard InChI is InChI=1S/C20H22FN3O4S2/c21-15-5-1-2-8-18(15)30(27,28)23-12-10-22(11-13-23)19(25)16-6-3-9-24(16)20(26)17-7-4-14-29-17/h1-2,4-5,7-8,14,16H,3,6,9-13H2/t16-/m1/s1. The first-order valence-corrected chi connectivity index (χ1v) is 12.1. The molecule has 1 aromatic carbocycles. The van der Waals surface area contributed by atoms with Crippen molar-refractivity contribution < 1.29 is 22.4 Å². The molecule has 4 rings (SSSR count). The fourth-order valence-electron chi connectivity index (χ4n) is 3.96. The van der Waals surface area contributed by atoms with Gasteiger partial charge in [-0.05, 0) is 36.4 Å². The summed E-state index contributed by atoms with van der Waals surface area (Å²) in [7, 11) is -3.96. The second-order valence-electron chi connectivity index (χ2n) is 7.29. The van der Waals surface area contributed by atoms with E-state index in [1.807, 2.05) is 5.38 Å². The van der Waals surface area contributed by atoms with E-state index in [4.69, 9.17) is 0 Å². The molecule has 2 aliphatic heterocycles. The maximum atomic E-state index is 14.0. The Balaban J connectivity index is 1.42. The van der Waals surface area contributed by atoms with Gasteiger partial charge in [0, 0.05) is 32.7 Å². The molecule has 0 aliphatic carbocycles. The van der Waals surface area contributed by atoms with Crippen molar-refractivity contribution in [2.75, 3.05) is 32.7 Å². The first-order valence-electron chi connectivity index (χ1n) is 9.77. The lowest BCUT2D eigenvalue weighted by Gasteiger charge is -2.36. The summed E-state index contributed by atoms with van der Waals surface area (Å²) in [6.45, 7) is 1.14. The Bertz CT molecular complexity index is 1030.